The average Bonchev–Trinajstić information content (AvgIpc) is 3.45. The van der Waals surface area contributed by atoms with E-state index in [1.165, 1.54) is 18.2 Å². The first-order valence-corrected chi connectivity index (χ1v) is 13.3. The van der Waals surface area contributed by atoms with Crippen LogP contribution in [0.15, 0.2) is 94.9 Å². The number of benzene rings is 4. The van der Waals surface area contributed by atoms with Crippen molar-refractivity contribution in [3.05, 3.63) is 129 Å². The van der Waals surface area contributed by atoms with Crippen LogP contribution in [0.1, 0.15) is 51.5 Å². The fourth-order valence-corrected chi connectivity index (χ4v) is 6.03. The molecule has 39 heavy (non-hydrogen) atoms. The van der Waals surface area contributed by atoms with E-state index in [1.54, 1.807) is 0 Å². The van der Waals surface area contributed by atoms with E-state index in [4.69, 9.17) is 27.6 Å². The van der Waals surface area contributed by atoms with Crippen molar-refractivity contribution in [2.24, 2.45) is 0 Å². The van der Waals surface area contributed by atoms with E-state index in [2.05, 4.69) is 61.2 Å². The number of hydrogen-bond acceptors (Lipinski definition) is 4. The fraction of sp³-hybridized carbons (Fsp3) is 0.0909. The molecular weight excluding hydrogens is 529 g/mol. The maximum Gasteiger partial charge on any atom is 0.209 e. The summed E-state index contributed by atoms with van der Waals surface area (Å²) in [7, 11) is 0. The van der Waals surface area contributed by atoms with Crippen LogP contribution in [-0.4, -0.2) is 11.6 Å². The Morgan fingerprint density at radius 2 is 1.38 bits per heavy atom. The highest BCUT2D eigenvalue weighted by atomic mass is 35.5. The molecule has 0 radical (unpaired) electrons. The maximum atomic E-state index is 13.2. The van der Waals surface area contributed by atoms with Gasteiger partial charge >= 0.3 is 0 Å². The second-order valence-electron chi connectivity index (χ2n) is 10.4. The molecule has 0 fully saturated rings. The predicted molar refractivity (Wildman–Crippen MR) is 156 cm³/mol. The summed E-state index contributed by atoms with van der Waals surface area (Å²) >= 11 is 12.3. The van der Waals surface area contributed by atoms with Crippen molar-refractivity contribution < 1.29 is 14.0 Å². The van der Waals surface area contributed by atoms with Gasteiger partial charge in [-0.05, 0) is 58.8 Å². The Balaban J connectivity index is 1.40. The molecule has 7 rings (SSSR count). The van der Waals surface area contributed by atoms with Crippen LogP contribution in [0.3, 0.4) is 0 Å². The third-order valence-corrected chi connectivity index (χ3v) is 8.47. The molecule has 0 unspecified atom stereocenters. The standard InChI is InChI=1S/C33H21Cl2NO3/c1-33(2)25-9-5-6-10-29(25)36(20-12-11-18-7-3-4-8-19(18)13-20)32-26(33)15-21(39-32)14-24-30(37)22-16-27(34)28(35)17-23(22)31(24)38/h3-17H,1-2H3. The van der Waals surface area contributed by atoms with Crippen LogP contribution in [0.25, 0.3) is 16.8 Å². The lowest BCUT2D eigenvalue weighted by molar-refractivity contribution is 0.0990. The summed E-state index contributed by atoms with van der Waals surface area (Å²) in [5.41, 5.74) is 4.23. The minimum Gasteiger partial charge on any atom is -0.440 e. The lowest BCUT2D eigenvalue weighted by Gasteiger charge is -2.38. The summed E-state index contributed by atoms with van der Waals surface area (Å²) < 4.78 is 6.48. The number of anilines is 3. The molecule has 1 aliphatic heterocycles. The van der Waals surface area contributed by atoms with Crippen LogP contribution in [0.2, 0.25) is 10.0 Å². The Hall–Kier alpha value is -4.12. The van der Waals surface area contributed by atoms with Gasteiger partial charge in [0.2, 0.25) is 5.88 Å². The largest absolute Gasteiger partial charge is 0.440 e. The van der Waals surface area contributed by atoms with Gasteiger partial charge in [-0.2, -0.15) is 0 Å². The zero-order valence-electron chi connectivity index (χ0n) is 21.1. The Bertz CT molecular complexity index is 1870. The van der Waals surface area contributed by atoms with Crippen LogP contribution < -0.4 is 4.90 Å². The number of ketones is 2. The Morgan fingerprint density at radius 3 is 2.10 bits per heavy atom. The number of halogens is 2. The van der Waals surface area contributed by atoms with Gasteiger partial charge in [-0.15, -0.1) is 0 Å². The molecule has 6 heteroatoms. The molecule has 1 aromatic heterocycles. The normalized spacial score (nSPS) is 15.4. The van der Waals surface area contributed by atoms with E-state index in [0.29, 0.717) is 11.6 Å². The van der Waals surface area contributed by atoms with Crippen LogP contribution in [0.5, 0.6) is 0 Å². The van der Waals surface area contributed by atoms with Crippen molar-refractivity contribution in [2.75, 3.05) is 4.90 Å². The molecule has 0 amide bonds. The number of nitrogens with zero attached hydrogens (tertiary/aromatic N) is 1. The van der Waals surface area contributed by atoms with Gasteiger partial charge < -0.3 is 4.42 Å². The number of fused-ring (bicyclic) bond motifs is 4. The van der Waals surface area contributed by atoms with Gasteiger partial charge in [0.15, 0.2) is 11.6 Å². The zero-order chi connectivity index (χ0) is 27.1. The number of Topliss-reactive ketones (excluding diaryl/α,β-unsaturated/α-hetero) is 2. The number of carbonyl (C=O) groups is 2. The number of allylic oxidation sites excluding steroid dienone is 1. The van der Waals surface area contributed by atoms with Gasteiger partial charge in [0.25, 0.3) is 0 Å². The Kier molecular flexibility index (Phi) is 5.18. The molecule has 0 bridgehead atoms. The predicted octanol–water partition coefficient (Wildman–Crippen LogP) is 9.31. The van der Waals surface area contributed by atoms with Crippen molar-refractivity contribution in [1.82, 2.24) is 0 Å². The summed E-state index contributed by atoms with van der Waals surface area (Å²) in [5.74, 6) is 0.296. The molecule has 4 nitrogen and oxygen atoms in total. The van der Waals surface area contributed by atoms with Gasteiger partial charge in [-0.1, -0.05) is 85.6 Å². The van der Waals surface area contributed by atoms with E-state index in [9.17, 15) is 9.59 Å². The molecule has 2 aliphatic rings. The van der Waals surface area contributed by atoms with Gasteiger partial charge in [-0.3, -0.25) is 14.5 Å². The molecule has 0 atom stereocenters. The molecule has 0 saturated carbocycles. The highest BCUT2D eigenvalue weighted by Crippen LogP contribution is 2.53. The molecule has 0 saturated heterocycles. The van der Waals surface area contributed by atoms with Crippen LogP contribution >= 0.6 is 23.2 Å². The first kappa shape index (κ1) is 24.0. The van der Waals surface area contributed by atoms with E-state index in [-0.39, 0.29) is 32.2 Å². The molecule has 190 valence electrons. The summed E-state index contributed by atoms with van der Waals surface area (Å²) in [6.45, 7) is 4.31. The summed E-state index contributed by atoms with van der Waals surface area (Å²) in [4.78, 5) is 28.5. The van der Waals surface area contributed by atoms with Gasteiger partial charge in [0.1, 0.15) is 5.76 Å². The number of carbonyl (C=O) groups excluding carboxylic acids is 2. The average molecular weight is 550 g/mol. The highest BCUT2D eigenvalue weighted by Gasteiger charge is 2.40. The first-order valence-electron chi connectivity index (χ1n) is 12.6. The van der Waals surface area contributed by atoms with E-state index in [0.717, 1.165) is 33.3 Å². The highest BCUT2D eigenvalue weighted by molar-refractivity contribution is 6.46. The minimum absolute atomic E-state index is 0.0296. The third kappa shape index (κ3) is 3.52. The summed E-state index contributed by atoms with van der Waals surface area (Å²) in [6, 6.07) is 27.6. The SMILES string of the molecule is CC1(C)c2ccccc2N(c2ccc3ccccc3c2)c2oc(C=C3C(=O)c4cc(Cl)c(Cl)cc4C3=O)cc21. The Labute approximate surface area is 235 Å². The quantitative estimate of drug-likeness (QED) is 0.162. The molecular formula is C33H21Cl2NO3. The number of hydrogen-bond donors (Lipinski definition) is 0. The monoisotopic (exact) mass is 549 g/mol. The van der Waals surface area contributed by atoms with Crippen LogP contribution in [-0.2, 0) is 5.41 Å². The minimum atomic E-state index is -0.392. The number of para-hydroxylation sites is 1. The van der Waals surface area contributed by atoms with E-state index < -0.39 is 11.6 Å². The molecule has 4 aromatic carbocycles. The van der Waals surface area contributed by atoms with Crippen molar-refractivity contribution >= 4 is 68.9 Å². The maximum absolute atomic E-state index is 13.2. The topological polar surface area (TPSA) is 50.5 Å². The molecule has 0 spiro atoms. The van der Waals surface area contributed by atoms with Crippen molar-refractivity contribution in [3.63, 3.8) is 0 Å². The number of rotatable bonds is 2. The van der Waals surface area contributed by atoms with E-state index in [1.807, 2.05) is 30.3 Å². The van der Waals surface area contributed by atoms with Crippen LogP contribution in [0.4, 0.5) is 17.3 Å². The van der Waals surface area contributed by atoms with Crippen molar-refractivity contribution in [1.29, 1.82) is 0 Å². The third-order valence-electron chi connectivity index (χ3n) is 7.74. The molecule has 1 aliphatic carbocycles. The second kappa shape index (κ2) is 8.44. The van der Waals surface area contributed by atoms with Crippen LogP contribution in [0, 0.1) is 0 Å². The van der Waals surface area contributed by atoms with Crippen molar-refractivity contribution in [2.45, 2.75) is 19.3 Å². The van der Waals surface area contributed by atoms with Gasteiger partial charge in [0.05, 0.1) is 21.3 Å². The first-order chi connectivity index (χ1) is 18.7. The van der Waals surface area contributed by atoms with Gasteiger partial charge in [-0.25, -0.2) is 0 Å². The molecule has 5 aromatic rings. The Morgan fingerprint density at radius 1 is 0.744 bits per heavy atom. The lowest BCUT2D eigenvalue weighted by Crippen LogP contribution is -2.29. The summed E-state index contributed by atoms with van der Waals surface area (Å²) in [5, 5.41) is 2.73. The number of furan rings is 1. The summed E-state index contributed by atoms with van der Waals surface area (Å²) in [6.07, 6.45) is 1.53. The van der Waals surface area contributed by atoms with E-state index >= 15 is 0 Å². The smallest absolute Gasteiger partial charge is 0.209 e. The van der Waals surface area contributed by atoms with Crippen molar-refractivity contribution in [3.8, 4) is 0 Å². The fourth-order valence-electron chi connectivity index (χ4n) is 5.70. The lowest BCUT2D eigenvalue weighted by atomic mass is 9.75. The zero-order valence-corrected chi connectivity index (χ0v) is 22.6. The van der Waals surface area contributed by atoms with Gasteiger partial charge in [0, 0.05) is 27.8 Å². The second-order valence-corrected chi connectivity index (χ2v) is 11.2. The molecule has 0 N–H and O–H groups in total. The molecule has 2 heterocycles.